The van der Waals surface area contributed by atoms with Crippen LogP contribution in [0.2, 0.25) is 0 Å². The standard InChI is InChI=1S/C11H10F4N2O/c12-8-3-1-7(2-4-8)10(11(13,14)15)17-6-5-9(18)16-17/h1-4,10H,5-6H2,(H,16,18). The Labute approximate surface area is 100 Å². The van der Waals surface area contributed by atoms with Crippen molar-refractivity contribution in [1.29, 1.82) is 0 Å². The first kappa shape index (κ1) is 12.8. The molecule has 1 aliphatic rings. The van der Waals surface area contributed by atoms with Gasteiger partial charge in [0, 0.05) is 13.0 Å². The van der Waals surface area contributed by atoms with E-state index in [0.717, 1.165) is 29.3 Å². The second-order valence-corrected chi connectivity index (χ2v) is 3.97. The van der Waals surface area contributed by atoms with Gasteiger partial charge in [-0.15, -0.1) is 0 Å². The van der Waals surface area contributed by atoms with Gasteiger partial charge in [-0.25, -0.2) is 9.40 Å². The molecule has 1 amide bonds. The number of carbonyl (C=O) groups excluding carboxylic acids is 1. The van der Waals surface area contributed by atoms with Gasteiger partial charge in [0.1, 0.15) is 11.9 Å². The third kappa shape index (κ3) is 2.61. The average molecular weight is 262 g/mol. The number of amides is 1. The van der Waals surface area contributed by atoms with Crippen molar-refractivity contribution in [3.63, 3.8) is 0 Å². The molecule has 0 bridgehead atoms. The Morgan fingerprint density at radius 2 is 1.83 bits per heavy atom. The highest BCUT2D eigenvalue weighted by Crippen LogP contribution is 2.37. The minimum atomic E-state index is -4.55. The zero-order chi connectivity index (χ0) is 13.3. The molecule has 0 aromatic heterocycles. The molecule has 1 aliphatic heterocycles. The predicted molar refractivity (Wildman–Crippen MR) is 54.7 cm³/mol. The number of halogens is 4. The number of hydrazine groups is 1. The number of nitrogens with one attached hydrogen (secondary N) is 1. The fourth-order valence-electron chi connectivity index (χ4n) is 1.88. The largest absolute Gasteiger partial charge is 0.409 e. The second kappa shape index (κ2) is 4.56. The maximum atomic E-state index is 13.0. The molecular weight excluding hydrogens is 252 g/mol. The van der Waals surface area contributed by atoms with Gasteiger partial charge >= 0.3 is 6.18 Å². The number of hydrogen-bond acceptors (Lipinski definition) is 2. The van der Waals surface area contributed by atoms with E-state index in [2.05, 4.69) is 5.43 Å². The minimum Gasteiger partial charge on any atom is -0.288 e. The molecular formula is C11H10F4N2O. The van der Waals surface area contributed by atoms with Gasteiger partial charge in [-0.2, -0.15) is 13.2 Å². The van der Waals surface area contributed by atoms with Gasteiger partial charge in [0.2, 0.25) is 5.91 Å². The number of nitrogens with zero attached hydrogens (tertiary/aromatic N) is 1. The van der Waals surface area contributed by atoms with Crippen LogP contribution in [0.25, 0.3) is 0 Å². The van der Waals surface area contributed by atoms with E-state index < -0.39 is 23.9 Å². The molecule has 0 saturated carbocycles. The molecule has 1 fully saturated rings. The summed E-state index contributed by atoms with van der Waals surface area (Å²) in [5.74, 6) is -1.06. The van der Waals surface area contributed by atoms with Gasteiger partial charge in [0.15, 0.2) is 0 Å². The maximum absolute atomic E-state index is 13.0. The summed E-state index contributed by atoms with van der Waals surface area (Å²) in [4.78, 5) is 11.0. The van der Waals surface area contributed by atoms with Crippen molar-refractivity contribution in [2.45, 2.75) is 18.6 Å². The third-order valence-electron chi connectivity index (χ3n) is 2.66. The van der Waals surface area contributed by atoms with Gasteiger partial charge in [-0.3, -0.25) is 10.2 Å². The highest BCUT2D eigenvalue weighted by atomic mass is 19.4. The summed E-state index contributed by atoms with van der Waals surface area (Å²) in [5.41, 5.74) is 2.05. The van der Waals surface area contributed by atoms with Crippen molar-refractivity contribution >= 4 is 5.91 Å². The first-order valence-corrected chi connectivity index (χ1v) is 5.26. The molecule has 0 aliphatic carbocycles. The molecule has 18 heavy (non-hydrogen) atoms. The van der Waals surface area contributed by atoms with Crippen LogP contribution < -0.4 is 5.43 Å². The fourth-order valence-corrected chi connectivity index (χ4v) is 1.88. The van der Waals surface area contributed by atoms with Gasteiger partial charge < -0.3 is 0 Å². The molecule has 0 spiro atoms. The number of benzene rings is 1. The van der Waals surface area contributed by atoms with Gasteiger partial charge in [-0.1, -0.05) is 12.1 Å². The zero-order valence-electron chi connectivity index (χ0n) is 9.17. The summed E-state index contributed by atoms with van der Waals surface area (Å²) >= 11 is 0. The van der Waals surface area contributed by atoms with Crippen LogP contribution in [0.4, 0.5) is 17.6 Å². The van der Waals surface area contributed by atoms with Gasteiger partial charge in [0.25, 0.3) is 0 Å². The van der Waals surface area contributed by atoms with E-state index in [4.69, 9.17) is 0 Å². The fraction of sp³-hybridized carbons (Fsp3) is 0.364. The summed E-state index contributed by atoms with van der Waals surface area (Å²) in [7, 11) is 0. The lowest BCUT2D eigenvalue weighted by Gasteiger charge is -2.29. The van der Waals surface area contributed by atoms with Crippen molar-refractivity contribution in [2.24, 2.45) is 0 Å². The summed E-state index contributed by atoms with van der Waals surface area (Å²) in [6, 6.07) is 2.11. The molecule has 2 rings (SSSR count). The van der Waals surface area contributed by atoms with Crippen molar-refractivity contribution in [2.75, 3.05) is 6.54 Å². The molecule has 7 heteroatoms. The van der Waals surface area contributed by atoms with Crippen molar-refractivity contribution in [3.8, 4) is 0 Å². The average Bonchev–Trinajstić information content (AvgIpc) is 2.66. The normalized spacial score (nSPS) is 18.8. The van der Waals surface area contributed by atoms with Crippen molar-refractivity contribution in [3.05, 3.63) is 35.6 Å². The number of carbonyl (C=O) groups is 1. The number of rotatable bonds is 2. The molecule has 0 radical (unpaired) electrons. The van der Waals surface area contributed by atoms with Gasteiger partial charge in [-0.05, 0) is 17.7 Å². The van der Waals surface area contributed by atoms with Crippen LogP contribution in [0.3, 0.4) is 0 Å². The lowest BCUT2D eigenvalue weighted by Crippen LogP contribution is -2.43. The molecule has 3 nitrogen and oxygen atoms in total. The molecule has 1 N–H and O–H groups in total. The predicted octanol–water partition coefficient (Wildman–Crippen LogP) is 2.17. The lowest BCUT2D eigenvalue weighted by atomic mass is 10.1. The molecule has 98 valence electrons. The molecule has 1 atom stereocenters. The smallest absolute Gasteiger partial charge is 0.288 e. The van der Waals surface area contributed by atoms with E-state index >= 15 is 0 Å². The summed E-state index contributed by atoms with van der Waals surface area (Å²) in [6.45, 7) is -0.0274. The quantitative estimate of drug-likeness (QED) is 0.828. The van der Waals surface area contributed by atoms with E-state index in [9.17, 15) is 22.4 Å². The summed E-state index contributed by atoms with van der Waals surface area (Å²) < 4.78 is 51.7. The molecule has 1 saturated heterocycles. The van der Waals surface area contributed by atoms with Crippen LogP contribution in [-0.2, 0) is 4.79 Å². The van der Waals surface area contributed by atoms with Crippen molar-refractivity contribution in [1.82, 2.24) is 10.4 Å². The topological polar surface area (TPSA) is 32.3 Å². The molecule has 1 aromatic rings. The van der Waals surface area contributed by atoms with Crippen LogP contribution >= 0.6 is 0 Å². The molecule has 1 aromatic carbocycles. The zero-order valence-corrected chi connectivity index (χ0v) is 9.17. The first-order chi connectivity index (χ1) is 8.38. The Hall–Kier alpha value is -1.63. The Morgan fingerprint density at radius 1 is 1.22 bits per heavy atom. The monoisotopic (exact) mass is 262 g/mol. The SMILES string of the molecule is O=C1CCN(C(c2ccc(F)cc2)C(F)(F)F)N1. The van der Waals surface area contributed by atoms with E-state index in [1.807, 2.05) is 0 Å². The molecule has 1 heterocycles. The Balaban J connectivity index is 2.31. The highest BCUT2D eigenvalue weighted by Gasteiger charge is 2.46. The van der Waals surface area contributed by atoms with Crippen LogP contribution in [0.15, 0.2) is 24.3 Å². The van der Waals surface area contributed by atoms with E-state index in [0.29, 0.717) is 0 Å². The second-order valence-electron chi connectivity index (χ2n) is 3.97. The van der Waals surface area contributed by atoms with E-state index in [1.165, 1.54) is 0 Å². The van der Waals surface area contributed by atoms with Crippen LogP contribution in [0, 0.1) is 5.82 Å². The summed E-state index contributed by atoms with van der Waals surface area (Å²) in [5, 5.41) is 0.829. The third-order valence-corrected chi connectivity index (χ3v) is 2.66. The highest BCUT2D eigenvalue weighted by molar-refractivity contribution is 5.77. The van der Waals surface area contributed by atoms with Crippen LogP contribution in [0.1, 0.15) is 18.0 Å². The van der Waals surface area contributed by atoms with Gasteiger partial charge in [0.05, 0.1) is 0 Å². The Morgan fingerprint density at radius 3 is 2.28 bits per heavy atom. The first-order valence-electron chi connectivity index (χ1n) is 5.26. The Kier molecular flexibility index (Phi) is 3.25. The van der Waals surface area contributed by atoms with Crippen molar-refractivity contribution < 1.29 is 22.4 Å². The molecule has 1 unspecified atom stereocenters. The number of alkyl halides is 3. The summed E-state index contributed by atoms with van der Waals surface area (Å²) in [6.07, 6.45) is -4.52. The number of hydrogen-bond donors (Lipinski definition) is 1. The lowest BCUT2D eigenvalue weighted by molar-refractivity contribution is -0.191. The van der Waals surface area contributed by atoms with Crippen LogP contribution in [0.5, 0.6) is 0 Å². The van der Waals surface area contributed by atoms with E-state index in [1.54, 1.807) is 0 Å². The Bertz CT molecular complexity index is 443. The minimum absolute atomic E-state index is 0.0216. The van der Waals surface area contributed by atoms with E-state index in [-0.39, 0.29) is 18.5 Å². The maximum Gasteiger partial charge on any atom is 0.409 e. The van der Waals surface area contributed by atoms with Crippen LogP contribution in [-0.4, -0.2) is 23.6 Å².